The molecular formula is C21H15NO4S. The highest BCUT2D eigenvalue weighted by molar-refractivity contribution is 7.92. The zero-order valence-corrected chi connectivity index (χ0v) is 15.2. The fraction of sp³-hybridized carbons (Fsp3) is 0.0476. The number of sulfonamides is 1. The zero-order valence-electron chi connectivity index (χ0n) is 14.4. The normalized spacial score (nSPS) is 13.1. The molecule has 0 radical (unpaired) electrons. The van der Waals surface area contributed by atoms with Gasteiger partial charge in [0.15, 0.2) is 0 Å². The molecule has 0 spiro atoms. The van der Waals surface area contributed by atoms with Crippen LogP contribution in [0.25, 0.3) is 11.1 Å². The summed E-state index contributed by atoms with van der Waals surface area (Å²) < 4.78 is 27.6. The Labute approximate surface area is 156 Å². The monoisotopic (exact) mass is 377 g/mol. The van der Waals surface area contributed by atoms with Gasteiger partial charge in [0, 0.05) is 16.8 Å². The molecule has 0 atom stereocenters. The minimum Gasteiger partial charge on any atom is -0.285 e. The Morgan fingerprint density at radius 1 is 0.704 bits per heavy atom. The molecule has 0 bridgehead atoms. The average molecular weight is 377 g/mol. The van der Waals surface area contributed by atoms with Crippen LogP contribution in [0, 0.1) is 6.92 Å². The van der Waals surface area contributed by atoms with Gasteiger partial charge < -0.3 is 0 Å². The van der Waals surface area contributed by atoms with E-state index in [1.807, 2.05) is 6.92 Å². The Hall–Kier alpha value is -3.25. The summed E-state index contributed by atoms with van der Waals surface area (Å²) in [5.41, 5.74) is 3.03. The largest absolute Gasteiger partial charge is 0.285 e. The number of aryl methyl sites for hydroxylation is 1. The molecule has 6 heteroatoms. The Kier molecular flexibility index (Phi) is 3.93. The molecule has 0 saturated carbocycles. The van der Waals surface area contributed by atoms with Crippen LogP contribution >= 0.6 is 0 Å². The molecule has 1 aliphatic carbocycles. The molecule has 4 rings (SSSR count). The second-order valence-corrected chi connectivity index (χ2v) is 8.07. The van der Waals surface area contributed by atoms with Gasteiger partial charge in [0.05, 0.1) is 4.90 Å². The highest BCUT2D eigenvalue weighted by Gasteiger charge is 2.30. The second kappa shape index (κ2) is 6.17. The van der Waals surface area contributed by atoms with Crippen LogP contribution in [0.1, 0.15) is 26.3 Å². The summed E-state index contributed by atoms with van der Waals surface area (Å²) in [4.78, 5) is 24.9. The van der Waals surface area contributed by atoms with Crippen molar-refractivity contribution in [3.8, 4) is 11.1 Å². The SMILES string of the molecule is Cc1ccc(S(=O)(=O)Nc2ccc3c(c2)C(=O)C(=O)c2ccccc2-3)cc1. The van der Waals surface area contributed by atoms with E-state index in [9.17, 15) is 18.0 Å². The third kappa shape index (κ3) is 2.94. The lowest BCUT2D eigenvalue weighted by molar-refractivity contribution is 0.0815. The van der Waals surface area contributed by atoms with Crippen molar-refractivity contribution in [1.82, 2.24) is 0 Å². The van der Waals surface area contributed by atoms with Crippen LogP contribution in [0.5, 0.6) is 0 Å². The van der Waals surface area contributed by atoms with Crippen molar-refractivity contribution in [2.75, 3.05) is 4.72 Å². The number of carbonyl (C=O) groups excluding carboxylic acids is 2. The number of carbonyl (C=O) groups is 2. The van der Waals surface area contributed by atoms with Crippen molar-refractivity contribution in [3.05, 3.63) is 83.4 Å². The van der Waals surface area contributed by atoms with Crippen LogP contribution in [0.3, 0.4) is 0 Å². The van der Waals surface area contributed by atoms with Gasteiger partial charge in [-0.3, -0.25) is 14.3 Å². The van der Waals surface area contributed by atoms with Gasteiger partial charge in [-0.2, -0.15) is 0 Å². The van der Waals surface area contributed by atoms with Crippen molar-refractivity contribution in [2.24, 2.45) is 0 Å². The van der Waals surface area contributed by atoms with Crippen molar-refractivity contribution in [1.29, 1.82) is 0 Å². The maximum Gasteiger partial charge on any atom is 0.261 e. The van der Waals surface area contributed by atoms with Gasteiger partial charge in [-0.25, -0.2) is 8.42 Å². The van der Waals surface area contributed by atoms with Crippen molar-refractivity contribution in [2.45, 2.75) is 11.8 Å². The predicted octanol–water partition coefficient (Wildman–Crippen LogP) is 3.84. The van der Waals surface area contributed by atoms with Crippen LogP contribution in [0.4, 0.5) is 5.69 Å². The van der Waals surface area contributed by atoms with Gasteiger partial charge >= 0.3 is 0 Å². The molecule has 134 valence electrons. The number of hydrogen-bond donors (Lipinski definition) is 1. The molecule has 3 aromatic rings. The Balaban J connectivity index is 1.75. The van der Waals surface area contributed by atoms with Crippen LogP contribution in [-0.4, -0.2) is 20.0 Å². The first-order valence-corrected chi connectivity index (χ1v) is 9.77. The lowest BCUT2D eigenvalue weighted by atomic mass is 9.84. The van der Waals surface area contributed by atoms with E-state index in [2.05, 4.69) is 4.72 Å². The number of benzene rings is 3. The number of hydrogen-bond acceptors (Lipinski definition) is 4. The molecule has 1 N–H and O–H groups in total. The average Bonchev–Trinajstić information content (AvgIpc) is 2.66. The predicted molar refractivity (Wildman–Crippen MR) is 103 cm³/mol. The third-order valence-corrected chi connectivity index (χ3v) is 5.91. The molecular weight excluding hydrogens is 362 g/mol. The maximum atomic E-state index is 12.6. The molecule has 0 heterocycles. The summed E-state index contributed by atoms with van der Waals surface area (Å²) in [5, 5.41) is 0. The molecule has 0 amide bonds. The van der Waals surface area contributed by atoms with Crippen LogP contribution < -0.4 is 4.72 Å². The first kappa shape index (κ1) is 17.2. The highest BCUT2D eigenvalue weighted by atomic mass is 32.2. The zero-order chi connectivity index (χ0) is 19.2. The first-order chi connectivity index (χ1) is 12.9. The van der Waals surface area contributed by atoms with E-state index in [0.29, 0.717) is 16.7 Å². The molecule has 0 saturated heterocycles. The van der Waals surface area contributed by atoms with E-state index in [4.69, 9.17) is 0 Å². The van der Waals surface area contributed by atoms with Gasteiger partial charge in [-0.1, -0.05) is 48.0 Å². The Bertz CT molecular complexity index is 1200. The molecule has 0 aromatic heterocycles. The Morgan fingerprint density at radius 2 is 1.30 bits per heavy atom. The van der Waals surface area contributed by atoms with Crippen molar-refractivity contribution in [3.63, 3.8) is 0 Å². The lowest BCUT2D eigenvalue weighted by Gasteiger charge is -2.19. The smallest absolute Gasteiger partial charge is 0.261 e. The van der Waals surface area contributed by atoms with E-state index in [1.54, 1.807) is 48.5 Å². The molecule has 0 aliphatic heterocycles. The van der Waals surface area contributed by atoms with Gasteiger partial charge in [0.25, 0.3) is 10.0 Å². The van der Waals surface area contributed by atoms with Crippen molar-refractivity contribution < 1.29 is 18.0 Å². The minimum atomic E-state index is -3.79. The van der Waals surface area contributed by atoms with Gasteiger partial charge in [0.2, 0.25) is 11.6 Å². The van der Waals surface area contributed by atoms with Crippen LogP contribution in [-0.2, 0) is 10.0 Å². The highest BCUT2D eigenvalue weighted by Crippen LogP contribution is 2.35. The molecule has 5 nitrogen and oxygen atoms in total. The number of rotatable bonds is 3. The maximum absolute atomic E-state index is 12.6. The van der Waals surface area contributed by atoms with E-state index in [1.165, 1.54) is 18.2 Å². The number of fused-ring (bicyclic) bond motifs is 3. The number of nitrogens with one attached hydrogen (secondary N) is 1. The standard InChI is InChI=1S/C21H15NO4S/c1-13-6-9-15(10-7-13)27(25,26)22-14-8-11-17-16-4-2-3-5-18(16)20(23)21(24)19(17)12-14/h2-12,22H,1H3. The summed E-state index contributed by atoms with van der Waals surface area (Å²) in [6, 6.07) is 18.0. The minimum absolute atomic E-state index is 0.124. The number of ketones is 2. The second-order valence-electron chi connectivity index (χ2n) is 6.38. The lowest BCUT2D eigenvalue weighted by Crippen LogP contribution is -2.21. The van der Waals surface area contributed by atoms with E-state index < -0.39 is 21.6 Å². The molecule has 0 unspecified atom stereocenters. The molecule has 1 aliphatic rings. The van der Waals surface area contributed by atoms with E-state index >= 15 is 0 Å². The summed E-state index contributed by atoms with van der Waals surface area (Å²) in [5.74, 6) is -1.23. The van der Waals surface area contributed by atoms with Crippen LogP contribution in [0.2, 0.25) is 0 Å². The first-order valence-electron chi connectivity index (χ1n) is 8.29. The molecule has 27 heavy (non-hydrogen) atoms. The fourth-order valence-electron chi connectivity index (χ4n) is 3.12. The summed E-state index contributed by atoms with van der Waals surface area (Å²) in [7, 11) is -3.79. The van der Waals surface area contributed by atoms with Crippen LogP contribution in [0.15, 0.2) is 71.6 Å². The van der Waals surface area contributed by atoms with E-state index in [0.717, 1.165) is 5.56 Å². The number of Topliss-reactive ketones (excluding diaryl/α,β-unsaturated/α-hetero) is 2. The molecule has 3 aromatic carbocycles. The van der Waals surface area contributed by atoms with Crippen molar-refractivity contribution >= 4 is 27.3 Å². The summed E-state index contributed by atoms with van der Waals surface area (Å²) >= 11 is 0. The van der Waals surface area contributed by atoms with Gasteiger partial charge in [-0.15, -0.1) is 0 Å². The topological polar surface area (TPSA) is 80.3 Å². The number of anilines is 1. The summed E-state index contributed by atoms with van der Waals surface area (Å²) in [6.07, 6.45) is 0. The fourth-order valence-corrected chi connectivity index (χ4v) is 4.17. The van der Waals surface area contributed by atoms with Gasteiger partial charge in [0.1, 0.15) is 0 Å². The Morgan fingerprint density at radius 3 is 2.00 bits per heavy atom. The summed E-state index contributed by atoms with van der Waals surface area (Å²) in [6.45, 7) is 1.87. The quantitative estimate of drug-likeness (QED) is 0.703. The van der Waals surface area contributed by atoms with Gasteiger partial charge in [-0.05, 0) is 42.3 Å². The molecule has 0 fully saturated rings. The third-order valence-electron chi connectivity index (χ3n) is 4.52. The van der Waals surface area contributed by atoms with E-state index in [-0.39, 0.29) is 16.1 Å².